The van der Waals surface area contributed by atoms with E-state index in [0.717, 1.165) is 25.6 Å². The van der Waals surface area contributed by atoms with Crippen LogP contribution in [0, 0.1) is 5.92 Å². The number of nitrogens with one attached hydrogen (secondary N) is 1. The van der Waals surface area contributed by atoms with E-state index in [1.165, 1.54) is 38.9 Å². The molecule has 1 atom stereocenters. The van der Waals surface area contributed by atoms with Crippen LogP contribution < -0.4 is 5.32 Å². The number of carbonyl (C=O) groups excluding carboxylic acids is 1. The molecule has 0 aromatic heterocycles. The average Bonchev–Trinajstić information content (AvgIpc) is 2.94. The van der Waals surface area contributed by atoms with Gasteiger partial charge in [0.1, 0.15) is 0 Å². The van der Waals surface area contributed by atoms with E-state index in [9.17, 15) is 4.79 Å². The first kappa shape index (κ1) is 16.7. The second-order valence-electron chi connectivity index (χ2n) is 6.79. The van der Waals surface area contributed by atoms with E-state index in [0.29, 0.717) is 12.6 Å². The predicted octanol–water partition coefficient (Wildman–Crippen LogP) is 0.470. The fourth-order valence-corrected chi connectivity index (χ4v) is 3.33. The molecule has 1 N–H and O–H groups in total. The summed E-state index contributed by atoms with van der Waals surface area (Å²) < 4.78 is 0. The van der Waals surface area contributed by atoms with E-state index in [1.807, 2.05) is 14.1 Å². The zero-order valence-electron chi connectivity index (χ0n) is 14.0. The Morgan fingerprint density at radius 1 is 1.14 bits per heavy atom. The lowest BCUT2D eigenvalue weighted by Gasteiger charge is -2.33. The molecule has 0 saturated carbocycles. The molecule has 0 bridgehead atoms. The maximum absolute atomic E-state index is 11.7. The van der Waals surface area contributed by atoms with Gasteiger partial charge in [0.15, 0.2) is 0 Å². The van der Waals surface area contributed by atoms with Gasteiger partial charge in [-0.2, -0.15) is 0 Å². The number of carbonyl (C=O) groups is 1. The molecular formula is C16H32N4O. The van der Waals surface area contributed by atoms with Crippen LogP contribution in [0.5, 0.6) is 0 Å². The maximum Gasteiger partial charge on any atom is 0.236 e. The molecule has 0 radical (unpaired) electrons. The van der Waals surface area contributed by atoms with Gasteiger partial charge in [-0.1, -0.05) is 6.92 Å². The van der Waals surface area contributed by atoms with Gasteiger partial charge < -0.3 is 15.1 Å². The minimum atomic E-state index is 0.215. The molecule has 0 aromatic carbocycles. The van der Waals surface area contributed by atoms with Gasteiger partial charge in [-0.15, -0.1) is 0 Å². The number of rotatable bonds is 6. The van der Waals surface area contributed by atoms with Crippen LogP contribution in [0.1, 0.15) is 26.2 Å². The van der Waals surface area contributed by atoms with Crippen molar-refractivity contribution in [1.29, 1.82) is 0 Å². The van der Waals surface area contributed by atoms with E-state index in [4.69, 9.17) is 0 Å². The maximum atomic E-state index is 11.7. The average molecular weight is 296 g/mol. The first-order valence-corrected chi connectivity index (χ1v) is 8.46. The van der Waals surface area contributed by atoms with Gasteiger partial charge in [0.25, 0.3) is 0 Å². The molecule has 1 amide bonds. The highest BCUT2D eigenvalue weighted by Gasteiger charge is 2.24. The van der Waals surface area contributed by atoms with Gasteiger partial charge in [-0.05, 0) is 44.8 Å². The Morgan fingerprint density at radius 3 is 2.38 bits per heavy atom. The molecule has 2 fully saturated rings. The lowest BCUT2D eigenvalue weighted by molar-refractivity contribution is -0.130. The highest BCUT2D eigenvalue weighted by molar-refractivity contribution is 5.77. The molecule has 2 saturated heterocycles. The molecule has 21 heavy (non-hydrogen) atoms. The van der Waals surface area contributed by atoms with Crippen molar-refractivity contribution in [2.75, 3.05) is 59.9 Å². The molecule has 0 spiro atoms. The second-order valence-corrected chi connectivity index (χ2v) is 6.79. The van der Waals surface area contributed by atoms with Crippen molar-refractivity contribution in [2.24, 2.45) is 5.92 Å². The zero-order valence-corrected chi connectivity index (χ0v) is 14.0. The van der Waals surface area contributed by atoms with Gasteiger partial charge >= 0.3 is 0 Å². The Labute approximate surface area is 129 Å². The van der Waals surface area contributed by atoms with E-state index in [1.54, 1.807) is 4.90 Å². The molecule has 5 heteroatoms. The summed E-state index contributed by atoms with van der Waals surface area (Å²) in [6, 6.07) is 0.645. The lowest BCUT2D eigenvalue weighted by atomic mass is 10.0. The number of likely N-dealkylation sites (tertiary alicyclic amines) is 2. The topological polar surface area (TPSA) is 38.8 Å². The number of likely N-dealkylation sites (N-methyl/N-ethyl adjacent to an activating group) is 1. The molecule has 2 aliphatic heterocycles. The summed E-state index contributed by atoms with van der Waals surface area (Å²) in [5.41, 5.74) is 0. The highest BCUT2D eigenvalue weighted by Crippen LogP contribution is 2.16. The van der Waals surface area contributed by atoms with Crippen LogP contribution in [0.3, 0.4) is 0 Å². The molecule has 5 nitrogen and oxygen atoms in total. The van der Waals surface area contributed by atoms with Crippen molar-refractivity contribution >= 4 is 5.91 Å². The molecule has 1 unspecified atom stereocenters. The van der Waals surface area contributed by atoms with Crippen molar-refractivity contribution in [3.8, 4) is 0 Å². The summed E-state index contributed by atoms with van der Waals surface area (Å²) in [4.78, 5) is 18.2. The van der Waals surface area contributed by atoms with E-state index in [-0.39, 0.29) is 5.91 Å². The molecule has 2 aliphatic rings. The van der Waals surface area contributed by atoms with Gasteiger partial charge in [0.2, 0.25) is 5.91 Å². The van der Waals surface area contributed by atoms with Crippen molar-refractivity contribution in [3.63, 3.8) is 0 Å². The van der Waals surface area contributed by atoms with Gasteiger partial charge in [-0.3, -0.25) is 9.69 Å². The Morgan fingerprint density at radius 2 is 1.81 bits per heavy atom. The standard InChI is InChI=1S/C16H32N4O/c1-4-19-8-5-14(12-19)11-17-15-6-9-20(10-7-15)13-16(21)18(2)3/h14-15,17H,4-13H2,1-3H3. The first-order valence-electron chi connectivity index (χ1n) is 8.46. The third-order valence-corrected chi connectivity index (χ3v) is 4.96. The largest absolute Gasteiger partial charge is 0.348 e. The van der Waals surface area contributed by atoms with E-state index >= 15 is 0 Å². The van der Waals surface area contributed by atoms with Gasteiger partial charge in [0, 0.05) is 39.8 Å². The summed E-state index contributed by atoms with van der Waals surface area (Å²) in [5, 5.41) is 3.76. The highest BCUT2D eigenvalue weighted by atomic mass is 16.2. The second kappa shape index (κ2) is 8.11. The Kier molecular flexibility index (Phi) is 6.45. The van der Waals surface area contributed by atoms with Crippen molar-refractivity contribution in [3.05, 3.63) is 0 Å². The van der Waals surface area contributed by atoms with Crippen LogP contribution in [0.4, 0.5) is 0 Å². The number of hydrogen-bond acceptors (Lipinski definition) is 4. The smallest absolute Gasteiger partial charge is 0.236 e. The van der Waals surface area contributed by atoms with Crippen LogP contribution in [-0.4, -0.2) is 86.6 Å². The van der Waals surface area contributed by atoms with Crippen molar-refractivity contribution in [1.82, 2.24) is 20.0 Å². The third kappa shape index (κ3) is 5.24. The number of hydrogen-bond donors (Lipinski definition) is 1. The molecule has 2 rings (SSSR count). The summed E-state index contributed by atoms with van der Waals surface area (Å²) in [6.07, 6.45) is 3.69. The fourth-order valence-electron chi connectivity index (χ4n) is 3.33. The Hall–Kier alpha value is -0.650. The van der Waals surface area contributed by atoms with Crippen LogP contribution in [0.2, 0.25) is 0 Å². The summed E-state index contributed by atoms with van der Waals surface area (Å²) in [5.74, 6) is 1.05. The van der Waals surface area contributed by atoms with Crippen LogP contribution in [0.15, 0.2) is 0 Å². The number of amides is 1. The normalized spacial score (nSPS) is 25.4. The molecule has 0 aliphatic carbocycles. The lowest BCUT2D eigenvalue weighted by Crippen LogP contribution is -2.46. The molecule has 2 heterocycles. The monoisotopic (exact) mass is 296 g/mol. The summed E-state index contributed by atoms with van der Waals surface area (Å²) >= 11 is 0. The van der Waals surface area contributed by atoms with Crippen LogP contribution >= 0.6 is 0 Å². The van der Waals surface area contributed by atoms with Crippen molar-refractivity contribution < 1.29 is 4.79 Å². The number of nitrogens with zero attached hydrogens (tertiary/aromatic N) is 3. The van der Waals surface area contributed by atoms with Crippen LogP contribution in [-0.2, 0) is 4.79 Å². The molecular weight excluding hydrogens is 264 g/mol. The molecule has 0 aromatic rings. The SMILES string of the molecule is CCN1CCC(CNC2CCN(CC(=O)N(C)C)CC2)C1. The van der Waals surface area contributed by atoms with Crippen molar-refractivity contribution in [2.45, 2.75) is 32.2 Å². The third-order valence-electron chi connectivity index (χ3n) is 4.96. The Balaban J connectivity index is 1.60. The van der Waals surface area contributed by atoms with Gasteiger partial charge in [-0.25, -0.2) is 0 Å². The number of piperidine rings is 1. The van der Waals surface area contributed by atoms with Crippen LogP contribution in [0.25, 0.3) is 0 Å². The first-order chi connectivity index (χ1) is 10.1. The minimum Gasteiger partial charge on any atom is -0.348 e. The summed E-state index contributed by atoms with van der Waals surface area (Å²) in [6.45, 7) is 9.81. The Bertz CT molecular complexity index is 326. The van der Waals surface area contributed by atoms with Gasteiger partial charge in [0.05, 0.1) is 6.54 Å². The zero-order chi connectivity index (χ0) is 15.2. The summed E-state index contributed by atoms with van der Waals surface area (Å²) in [7, 11) is 3.66. The quantitative estimate of drug-likeness (QED) is 0.773. The van der Waals surface area contributed by atoms with E-state index in [2.05, 4.69) is 22.0 Å². The van der Waals surface area contributed by atoms with E-state index < -0.39 is 0 Å². The fraction of sp³-hybridized carbons (Fsp3) is 0.938. The minimum absolute atomic E-state index is 0.215. The predicted molar refractivity (Wildman–Crippen MR) is 86.4 cm³/mol. The molecule has 122 valence electrons.